The van der Waals surface area contributed by atoms with Crippen molar-refractivity contribution in [3.63, 3.8) is 0 Å². The minimum Gasteiger partial charge on any atom is -0.677 e. The second-order valence-corrected chi connectivity index (χ2v) is 16.9. The third-order valence-corrected chi connectivity index (χ3v) is 9.26. The molecule has 3 aromatic rings. The zero-order valence-electron chi connectivity index (χ0n) is 37.3. The summed E-state index contributed by atoms with van der Waals surface area (Å²) in [4.78, 5) is 83.5. The lowest BCUT2D eigenvalue weighted by atomic mass is 9.99. The summed E-state index contributed by atoms with van der Waals surface area (Å²) in [5.74, 6) is -3.68. The molecule has 0 aliphatic rings. The number of ether oxygens (including phenoxy) is 2. The molecule has 0 fully saturated rings. The van der Waals surface area contributed by atoms with Gasteiger partial charge in [0.15, 0.2) is 0 Å². The molecule has 0 aliphatic heterocycles. The number of carbonyl (C=O) groups excluding carboxylic acids is 5. The maximum atomic E-state index is 13.8. The van der Waals surface area contributed by atoms with E-state index in [-0.39, 0.29) is 43.4 Å². The number of aromatic nitrogens is 2. The minimum atomic E-state index is -1.19. The van der Waals surface area contributed by atoms with Crippen LogP contribution in [0.2, 0.25) is 0 Å². The first-order valence-corrected chi connectivity index (χ1v) is 21.4. The van der Waals surface area contributed by atoms with E-state index in [0.717, 1.165) is 43.2 Å². The predicted octanol–water partition coefficient (Wildman–Crippen LogP) is 6.45. The number of carboxylic acid groups (broad SMARTS) is 1. The van der Waals surface area contributed by atoms with Gasteiger partial charge in [-0.25, -0.2) is 14.6 Å². The zero-order valence-corrected chi connectivity index (χ0v) is 37.3. The number of carboxylic acids is 1. The molecular weight excluding hydrogens is 795 g/mol. The summed E-state index contributed by atoms with van der Waals surface area (Å²) < 4.78 is 10.6. The molecule has 0 radical (unpaired) electrons. The number of carbonyl (C=O) groups is 6. The Morgan fingerprint density at radius 1 is 0.726 bits per heavy atom. The van der Waals surface area contributed by atoms with E-state index in [1.165, 1.54) is 12.5 Å². The van der Waals surface area contributed by atoms with E-state index >= 15 is 0 Å². The minimum absolute atomic E-state index is 0.00392. The van der Waals surface area contributed by atoms with Crippen LogP contribution in [0.5, 0.6) is 0 Å². The molecule has 0 unspecified atom stereocenters. The number of amides is 4. The highest BCUT2D eigenvalue weighted by atomic mass is 16.6. The van der Waals surface area contributed by atoms with Crippen LogP contribution >= 0.6 is 0 Å². The first-order chi connectivity index (χ1) is 29.4. The highest BCUT2D eigenvalue weighted by Crippen LogP contribution is 2.13. The fourth-order valence-electron chi connectivity index (χ4n) is 6.12. The molecule has 0 aliphatic carbocycles. The molecule has 4 atom stereocenters. The van der Waals surface area contributed by atoms with Crippen LogP contribution in [0, 0.1) is 11.8 Å². The van der Waals surface area contributed by atoms with Crippen molar-refractivity contribution >= 4 is 35.8 Å². The highest BCUT2D eigenvalue weighted by Gasteiger charge is 2.33. The molecule has 16 nitrogen and oxygen atoms in total. The van der Waals surface area contributed by atoms with Crippen molar-refractivity contribution in [3.05, 3.63) is 95.7 Å². The summed E-state index contributed by atoms with van der Waals surface area (Å²) in [5.41, 5.74) is 8.69. The number of nitrogens with zero attached hydrogens (tertiary/aromatic N) is 1. The van der Waals surface area contributed by atoms with Gasteiger partial charge in [-0.2, -0.15) is 6.54 Å². The van der Waals surface area contributed by atoms with Crippen LogP contribution < -0.4 is 21.3 Å². The molecule has 3 rings (SSSR count). The Morgan fingerprint density at radius 3 is 1.81 bits per heavy atom. The van der Waals surface area contributed by atoms with Crippen molar-refractivity contribution in [1.29, 1.82) is 0 Å². The lowest BCUT2D eigenvalue weighted by Gasteiger charge is -2.27. The normalized spacial score (nSPS) is 13.1. The number of H-pyrrole nitrogens is 1. The summed E-state index contributed by atoms with van der Waals surface area (Å²) in [5, 5.41) is 20.2. The van der Waals surface area contributed by atoms with E-state index in [2.05, 4.69) is 31.2 Å². The molecule has 2 aromatic carbocycles. The molecule has 0 saturated carbocycles. The van der Waals surface area contributed by atoms with Gasteiger partial charge in [0, 0.05) is 31.2 Å². The summed E-state index contributed by atoms with van der Waals surface area (Å²) in [6, 6.07) is 13.6. The van der Waals surface area contributed by atoms with Crippen molar-refractivity contribution in [2.24, 2.45) is 11.8 Å². The van der Waals surface area contributed by atoms with Gasteiger partial charge in [-0.1, -0.05) is 114 Å². The van der Waals surface area contributed by atoms with E-state index in [4.69, 9.17) is 15.2 Å². The monoisotopic (exact) mass is 863 g/mol. The summed E-state index contributed by atoms with van der Waals surface area (Å²) in [7, 11) is 0. The van der Waals surface area contributed by atoms with Gasteiger partial charge in [0.25, 0.3) is 0 Å². The molecule has 1 aromatic heterocycles. The molecule has 62 heavy (non-hydrogen) atoms. The molecule has 342 valence electrons. The number of imidazole rings is 1. The average molecular weight is 863 g/mol. The number of aromatic amines is 1. The maximum absolute atomic E-state index is 13.8. The van der Waals surface area contributed by atoms with Crippen LogP contribution in [-0.2, 0) is 52.9 Å². The SMILES string of the molecule is CC(C)(C)OC(=O)CCCCCCC[NH-].CC(C)C[C@H](NC(=O)[C@H](Cc1cnc[nH]1)NC(=O)[C@H](Cc1ccccc1)NC(=O)OCc1ccccc1)C(=O)N[C@H](C(=O)O)C(C)C. The van der Waals surface area contributed by atoms with Crippen molar-refractivity contribution < 1.29 is 43.3 Å². The van der Waals surface area contributed by atoms with Gasteiger partial charge in [0.2, 0.25) is 17.7 Å². The molecule has 1 heterocycles. The lowest BCUT2D eigenvalue weighted by Crippen LogP contribution is -2.59. The Balaban J connectivity index is 0.000000749. The fraction of sp³-hybridized carbons (Fsp3) is 0.543. The second kappa shape index (κ2) is 28.0. The third kappa shape index (κ3) is 22.2. The number of esters is 1. The topological polar surface area (TPSA) is 242 Å². The van der Waals surface area contributed by atoms with E-state index < -0.39 is 59.9 Å². The van der Waals surface area contributed by atoms with Crippen LogP contribution in [0.15, 0.2) is 73.2 Å². The van der Waals surface area contributed by atoms with Gasteiger partial charge in [-0.3, -0.25) is 19.2 Å². The average Bonchev–Trinajstić information content (AvgIpc) is 3.73. The number of hydrogen-bond acceptors (Lipinski definition) is 9. The number of rotatable bonds is 24. The largest absolute Gasteiger partial charge is 0.677 e. The van der Waals surface area contributed by atoms with Gasteiger partial charge in [0.05, 0.1) is 6.33 Å². The molecule has 16 heteroatoms. The molecule has 4 amide bonds. The van der Waals surface area contributed by atoms with Crippen LogP contribution in [0.1, 0.15) is 110 Å². The number of unbranched alkanes of at least 4 members (excludes halogenated alkanes) is 4. The van der Waals surface area contributed by atoms with Crippen LogP contribution in [-0.4, -0.2) is 87.1 Å². The van der Waals surface area contributed by atoms with Gasteiger partial charge in [-0.15, -0.1) is 0 Å². The van der Waals surface area contributed by atoms with Gasteiger partial charge in [-0.05, 0) is 56.6 Å². The van der Waals surface area contributed by atoms with Gasteiger partial charge >= 0.3 is 18.0 Å². The second-order valence-electron chi connectivity index (χ2n) is 16.9. The number of alkyl carbamates (subject to hydrolysis) is 1. The van der Waals surface area contributed by atoms with Gasteiger partial charge < -0.3 is 46.6 Å². The van der Waals surface area contributed by atoms with Crippen LogP contribution in [0.3, 0.4) is 0 Å². The van der Waals surface area contributed by atoms with Crippen molar-refractivity contribution in [3.8, 4) is 0 Å². The van der Waals surface area contributed by atoms with Crippen LogP contribution in [0.25, 0.3) is 5.73 Å². The Bertz CT molecular complexity index is 1780. The van der Waals surface area contributed by atoms with E-state index in [1.807, 2.05) is 71.0 Å². The highest BCUT2D eigenvalue weighted by molar-refractivity contribution is 5.95. The summed E-state index contributed by atoms with van der Waals surface area (Å²) in [6.07, 6.45) is 8.16. The Hall–Kier alpha value is -5.77. The fourth-order valence-corrected chi connectivity index (χ4v) is 6.12. The third-order valence-electron chi connectivity index (χ3n) is 9.26. The standard InChI is InChI=1S/C34H44N6O7.C12H24NO2/c1-21(2)15-26(32(43)40-29(22(3)4)33(44)45)37-31(42)28(17-25-18-35-20-36-25)38-30(41)27(16-23-11-7-5-8-12-23)39-34(46)47-19-24-13-9-6-10-14-24;1-12(2,3)15-11(14)9-7-5-4-6-8-10-13/h5-14,18,20-22,26-29H,15-17,19H2,1-4H3,(H,35,36)(H,37,42)(H,38,41)(H,39,46)(H,40,43)(H,44,45);13H,4-10H2,1-3H3/q;-1/t26-,27-,28-,29-;/m0./s1. The van der Waals surface area contributed by atoms with Crippen LogP contribution in [0.4, 0.5) is 4.79 Å². The van der Waals surface area contributed by atoms with Gasteiger partial charge in [0.1, 0.15) is 36.4 Å². The smallest absolute Gasteiger partial charge is 0.408 e. The van der Waals surface area contributed by atoms with Crippen molar-refractivity contribution in [1.82, 2.24) is 31.2 Å². The number of nitrogens with one attached hydrogen (secondary N) is 6. The number of hydrogen-bond donors (Lipinski definition) is 6. The number of aliphatic carboxylic acids is 1. The molecular formula is C46H68N7O9-. The predicted molar refractivity (Wildman–Crippen MR) is 236 cm³/mol. The number of benzene rings is 2. The summed E-state index contributed by atoms with van der Waals surface area (Å²) >= 11 is 0. The Morgan fingerprint density at radius 2 is 1.27 bits per heavy atom. The Kier molecular flexibility index (Phi) is 23.6. The van der Waals surface area contributed by atoms with E-state index in [0.29, 0.717) is 18.7 Å². The first-order valence-electron chi connectivity index (χ1n) is 21.4. The maximum Gasteiger partial charge on any atom is 0.408 e. The Labute approximate surface area is 366 Å². The molecule has 0 saturated heterocycles. The molecule has 7 N–H and O–H groups in total. The zero-order chi connectivity index (χ0) is 46.1. The quantitative estimate of drug-likeness (QED) is 0.0425. The lowest BCUT2D eigenvalue weighted by molar-refractivity contribution is -0.155. The van der Waals surface area contributed by atoms with Crippen molar-refractivity contribution in [2.45, 2.75) is 143 Å². The van der Waals surface area contributed by atoms with E-state index in [1.54, 1.807) is 38.1 Å². The van der Waals surface area contributed by atoms with E-state index in [9.17, 15) is 33.9 Å². The van der Waals surface area contributed by atoms with Crippen molar-refractivity contribution in [2.75, 3.05) is 6.54 Å². The molecule has 0 spiro atoms. The molecule has 0 bridgehead atoms. The first kappa shape index (κ1) is 52.4. The summed E-state index contributed by atoms with van der Waals surface area (Å²) in [6.45, 7) is 13.2.